The molecule has 0 radical (unpaired) electrons. The Morgan fingerprint density at radius 3 is 2.80 bits per heavy atom. The van der Waals surface area contributed by atoms with Crippen LogP contribution >= 0.6 is 0 Å². The van der Waals surface area contributed by atoms with Crippen molar-refractivity contribution >= 4 is 0 Å². The van der Waals surface area contributed by atoms with Crippen LogP contribution < -0.4 is 0 Å². The van der Waals surface area contributed by atoms with E-state index in [1.807, 2.05) is 12.4 Å². The third-order valence-electron chi connectivity index (χ3n) is 4.45. The minimum absolute atomic E-state index is 0.735. The zero-order valence-electron chi connectivity index (χ0n) is 9.28. The molecule has 2 aliphatic carbocycles. The van der Waals surface area contributed by atoms with Gasteiger partial charge in [0.05, 0.1) is 0 Å². The molecule has 0 spiro atoms. The Balaban J connectivity index is 1.82. The van der Waals surface area contributed by atoms with Crippen LogP contribution in [-0.2, 0) is 0 Å². The molecule has 0 aliphatic heterocycles. The molecule has 3 rings (SSSR count). The molecule has 0 amide bonds. The maximum Gasteiger partial charge on any atom is 0.109 e. The molecule has 2 aliphatic rings. The molecule has 2 saturated carbocycles. The Kier molecular flexibility index (Phi) is 2.51. The van der Waals surface area contributed by atoms with Crippen LogP contribution in [0.4, 0.5) is 0 Å². The lowest BCUT2D eigenvalue weighted by molar-refractivity contribution is 0.140. The van der Waals surface area contributed by atoms with Crippen molar-refractivity contribution < 1.29 is 0 Å². The maximum absolute atomic E-state index is 4.48. The second-order valence-electron chi connectivity index (χ2n) is 5.22. The summed E-state index contributed by atoms with van der Waals surface area (Å²) in [6.45, 7) is 0. The number of H-pyrrole nitrogens is 1. The SMILES string of the molecule is c1c[nH]c(C2CCCC3CCCCC32)n1. The van der Waals surface area contributed by atoms with E-state index in [-0.39, 0.29) is 0 Å². The van der Waals surface area contributed by atoms with Crippen LogP contribution in [0.1, 0.15) is 56.7 Å². The average Bonchev–Trinajstić information content (AvgIpc) is 2.82. The third-order valence-corrected chi connectivity index (χ3v) is 4.45. The highest BCUT2D eigenvalue weighted by Gasteiger charge is 2.36. The van der Waals surface area contributed by atoms with E-state index in [4.69, 9.17) is 0 Å². The van der Waals surface area contributed by atoms with E-state index in [0.717, 1.165) is 17.8 Å². The van der Waals surface area contributed by atoms with Gasteiger partial charge in [-0.1, -0.05) is 32.1 Å². The van der Waals surface area contributed by atoms with Gasteiger partial charge in [-0.3, -0.25) is 0 Å². The van der Waals surface area contributed by atoms with Crippen molar-refractivity contribution in [2.45, 2.75) is 50.9 Å². The molecule has 0 bridgehead atoms. The highest BCUT2D eigenvalue weighted by Crippen LogP contribution is 2.47. The van der Waals surface area contributed by atoms with Crippen LogP contribution in [0.5, 0.6) is 0 Å². The van der Waals surface area contributed by atoms with Crippen molar-refractivity contribution in [3.63, 3.8) is 0 Å². The monoisotopic (exact) mass is 204 g/mol. The molecule has 2 fully saturated rings. The molecule has 1 N–H and O–H groups in total. The fourth-order valence-corrected chi connectivity index (χ4v) is 3.76. The first-order valence-electron chi connectivity index (χ1n) is 6.44. The summed E-state index contributed by atoms with van der Waals surface area (Å²) in [5.74, 6) is 3.92. The van der Waals surface area contributed by atoms with E-state index in [9.17, 15) is 0 Å². The molecule has 15 heavy (non-hydrogen) atoms. The fraction of sp³-hybridized carbons (Fsp3) is 0.769. The number of nitrogens with one attached hydrogen (secondary N) is 1. The topological polar surface area (TPSA) is 28.7 Å². The average molecular weight is 204 g/mol. The molecule has 3 unspecified atom stereocenters. The second kappa shape index (κ2) is 3.99. The molecular weight excluding hydrogens is 184 g/mol. The summed E-state index contributed by atoms with van der Waals surface area (Å²) in [5, 5.41) is 0. The van der Waals surface area contributed by atoms with Crippen LogP contribution in [0, 0.1) is 11.8 Å². The Labute approximate surface area is 91.5 Å². The fourth-order valence-electron chi connectivity index (χ4n) is 3.76. The molecule has 2 nitrogen and oxygen atoms in total. The lowest BCUT2D eigenvalue weighted by atomic mass is 9.65. The third kappa shape index (κ3) is 1.70. The van der Waals surface area contributed by atoms with Crippen LogP contribution in [0.25, 0.3) is 0 Å². The number of hydrogen-bond donors (Lipinski definition) is 1. The van der Waals surface area contributed by atoms with E-state index in [2.05, 4.69) is 9.97 Å². The van der Waals surface area contributed by atoms with Gasteiger partial charge in [0.1, 0.15) is 5.82 Å². The first-order valence-corrected chi connectivity index (χ1v) is 6.44. The number of fused-ring (bicyclic) bond motifs is 1. The maximum atomic E-state index is 4.48. The van der Waals surface area contributed by atoms with E-state index in [1.54, 1.807) is 0 Å². The highest BCUT2D eigenvalue weighted by molar-refractivity contribution is 5.03. The van der Waals surface area contributed by atoms with Crippen LogP contribution in [0.3, 0.4) is 0 Å². The van der Waals surface area contributed by atoms with E-state index >= 15 is 0 Å². The van der Waals surface area contributed by atoms with Gasteiger partial charge in [0, 0.05) is 18.3 Å². The standard InChI is InChI=1S/C13H20N2/c1-2-6-11-10(4-1)5-3-7-12(11)13-14-8-9-15-13/h8-12H,1-7H2,(H,14,15). The van der Waals surface area contributed by atoms with Crippen molar-refractivity contribution in [2.24, 2.45) is 11.8 Å². The molecular formula is C13H20N2. The Morgan fingerprint density at radius 1 is 1.07 bits per heavy atom. The smallest absolute Gasteiger partial charge is 0.109 e. The van der Waals surface area contributed by atoms with Crippen LogP contribution in [0.2, 0.25) is 0 Å². The van der Waals surface area contributed by atoms with Crippen molar-refractivity contribution in [3.05, 3.63) is 18.2 Å². The van der Waals surface area contributed by atoms with E-state index < -0.39 is 0 Å². The number of hydrogen-bond acceptors (Lipinski definition) is 1. The molecule has 1 heterocycles. The molecule has 1 aromatic heterocycles. The highest BCUT2D eigenvalue weighted by atomic mass is 14.9. The first kappa shape index (κ1) is 9.44. The molecule has 0 aromatic carbocycles. The molecule has 0 saturated heterocycles. The summed E-state index contributed by atoms with van der Waals surface area (Å²) in [5.41, 5.74) is 0. The van der Waals surface area contributed by atoms with Crippen molar-refractivity contribution in [1.29, 1.82) is 0 Å². The second-order valence-corrected chi connectivity index (χ2v) is 5.22. The molecule has 3 atom stereocenters. The van der Waals surface area contributed by atoms with Gasteiger partial charge >= 0.3 is 0 Å². The number of imidazole rings is 1. The summed E-state index contributed by atoms with van der Waals surface area (Å²) in [6, 6.07) is 0. The van der Waals surface area contributed by atoms with Crippen molar-refractivity contribution in [2.75, 3.05) is 0 Å². The summed E-state index contributed by atoms with van der Waals surface area (Å²) in [7, 11) is 0. The Hall–Kier alpha value is -0.790. The van der Waals surface area contributed by atoms with Gasteiger partial charge < -0.3 is 4.98 Å². The van der Waals surface area contributed by atoms with E-state index in [0.29, 0.717) is 0 Å². The zero-order chi connectivity index (χ0) is 10.1. The quantitative estimate of drug-likeness (QED) is 0.745. The van der Waals surface area contributed by atoms with Crippen molar-refractivity contribution in [3.8, 4) is 0 Å². The predicted octanol–water partition coefficient (Wildman–Crippen LogP) is 3.48. The van der Waals surface area contributed by atoms with Crippen molar-refractivity contribution in [1.82, 2.24) is 9.97 Å². The number of aromatic amines is 1. The van der Waals surface area contributed by atoms with Gasteiger partial charge in [-0.25, -0.2) is 4.98 Å². The van der Waals surface area contributed by atoms with Gasteiger partial charge in [0.25, 0.3) is 0 Å². The normalized spacial score (nSPS) is 36.1. The number of nitrogens with zero attached hydrogens (tertiary/aromatic N) is 1. The van der Waals surface area contributed by atoms with Crippen LogP contribution in [0.15, 0.2) is 12.4 Å². The van der Waals surface area contributed by atoms with Gasteiger partial charge in [-0.2, -0.15) is 0 Å². The minimum atomic E-state index is 0.735. The molecule has 1 aromatic rings. The first-order chi connectivity index (χ1) is 7.45. The minimum Gasteiger partial charge on any atom is -0.348 e. The zero-order valence-corrected chi connectivity index (χ0v) is 9.28. The van der Waals surface area contributed by atoms with Gasteiger partial charge in [-0.05, 0) is 24.7 Å². The van der Waals surface area contributed by atoms with Gasteiger partial charge in [-0.15, -0.1) is 0 Å². The number of rotatable bonds is 1. The van der Waals surface area contributed by atoms with Gasteiger partial charge in [0.2, 0.25) is 0 Å². The molecule has 82 valence electrons. The Bertz CT molecular complexity index is 302. The van der Waals surface area contributed by atoms with Gasteiger partial charge in [0.15, 0.2) is 0 Å². The lowest BCUT2D eigenvalue weighted by Crippen LogP contribution is -2.30. The molecule has 2 heteroatoms. The largest absolute Gasteiger partial charge is 0.348 e. The summed E-state index contributed by atoms with van der Waals surface area (Å²) < 4.78 is 0. The predicted molar refractivity (Wildman–Crippen MR) is 60.6 cm³/mol. The Morgan fingerprint density at radius 2 is 1.93 bits per heavy atom. The summed E-state index contributed by atoms with van der Waals surface area (Å²) >= 11 is 0. The lowest BCUT2D eigenvalue weighted by Gasteiger charge is -2.40. The number of aromatic nitrogens is 2. The van der Waals surface area contributed by atoms with E-state index in [1.165, 1.54) is 50.8 Å². The van der Waals surface area contributed by atoms with Crippen LogP contribution in [-0.4, -0.2) is 9.97 Å². The summed E-state index contributed by atoms with van der Waals surface area (Å²) in [6.07, 6.45) is 13.9. The summed E-state index contributed by atoms with van der Waals surface area (Å²) in [4.78, 5) is 7.80.